The average molecular weight is 341 g/mol. The summed E-state index contributed by atoms with van der Waals surface area (Å²) in [6, 6.07) is 12.4. The van der Waals surface area contributed by atoms with E-state index in [9.17, 15) is 9.18 Å². The smallest absolute Gasteiger partial charge is 0.255 e. The summed E-state index contributed by atoms with van der Waals surface area (Å²) >= 11 is 0. The van der Waals surface area contributed by atoms with Gasteiger partial charge < -0.3 is 10.1 Å². The molecule has 7 nitrogen and oxygen atoms in total. The van der Waals surface area contributed by atoms with Crippen molar-refractivity contribution in [3.8, 4) is 5.75 Å². The van der Waals surface area contributed by atoms with Crippen molar-refractivity contribution in [3.05, 3.63) is 65.7 Å². The average Bonchev–Trinajstić information content (AvgIpc) is 3.08. The van der Waals surface area contributed by atoms with E-state index in [1.165, 1.54) is 18.2 Å². The molecule has 25 heavy (non-hydrogen) atoms. The van der Waals surface area contributed by atoms with Gasteiger partial charge in [0.2, 0.25) is 0 Å². The van der Waals surface area contributed by atoms with Crippen molar-refractivity contribution in [1.29, 1.82) is 0 Å². The van der Waals surface area contributed by atoms with Crippen LogP contribution in [0.3, 0.4) is 0 Å². The second-order valence-electron chi connectivity index (χ2n) is 5.19. The van der Waals surface area contributed by atoms with E-state index in [1.807, 2.05) is 6.92 Å². The molecule has 0 aliphatic heterocycles. The minimum absolute atomic E-state index is 0.190. The molecule has 0 unspecified atom stereocenters. The molecule has 3 aromatic rings. The zero-order valence-electron chi connectivity index (χ0n) is 13.5. The third kappa shape index (κ3) is 4.17. The number of amides is 1. The summed E-state index contributed by atoms with van der Waals surface area (Å²) < 4.78 is 20.5. The number of anilines is 1. The van der Waals surface area contributed by atoms with Crippen LogP contribution in [0.2, 0.25) is 0 Å². The van der Waals surface area contributed by atoms with Gasteiger partial charge in [0.05, 0.1) is 0 Å². The second kappa shape index (κ2) is 7.52. The van der Waals surface area contributed by atoms with E-state index in [0.717, 1.165) is 0 Å². The Morgan fingerprint density at radius 1 is 1.24 bits per heavy atom. The number of hydrogen-bond donors (Lipinski definition) is 1. The zero-order chi connectivity index (χ0) is 17.6. The maximum Gasteiger partial charge on any atom is 0.255 e. The van der Waals surface area contributed by atoms with E-state index in [2.05, 4.69) is 20.8 Å². The SMILES string of the molecule is CCn1nnnc1COc1cccc(C(=O)Nc2cccc(F)c2)c1. The molecule has 0 saturated heterocycles. The van der Waals surface area contributed by atoms with Crippen LogP contribution in [-0.4, -0.2) is 26.1 Å². The van der Waals surface area contributed by atoms with Crippen LogP contribution < -0.4 is 10.1 Å². The molecule has 0 spiro atoms. The lowest BCUT2D eigenvalue weighted by Crippen LogP contribution is -2.12. The molecule has 2 aromatic carbocycles. The molecule has 1 heterocycles. The molecular formula is C17H16FN5O2. The third-order valence-electron chi connectivity index (χ3n) is 3.45. The molecule has 0 saturated carbocycles. The van der Waals surface area contributed by atoms with E-state index >= 15 is 0 Å². The Hall–Kier alpha value is -3.29. The predicted octanol–water partition coefficient (Wildman–Crippen LogP) is 2.66. The largest absolute Gasteiger partial charge is 0.486 e. The first-order valence-electron chi connectivity index (χ1n) is 7.70. The Morgan fingerprint density at radius 3 is 2.88 bits per heavy atom. The number of tetrazole rings is 1. The number of ether oxygens (including phenoxy) is 1. The van der Waals surface area contributed by atoms with Crippen molar-refractivity contribution in [2.45, 2.75) is 20.1 Å². The second-order valence-corrected chi connectivity index (χ2v) is 5.19. The van der Waals surface area contributed by atoms with Gasteiger partial charge in [0.25, 0.3) is 5.91 Å². The molecular weight excluding hydrogens is 325 g/mol. The number of nitrogens with one attached hydrogen (secondary N) is 1. The highest BCUT2D eigenvalue weighted by Gasteiger charge is 2.09. The van der Waals surface area contributed by atoms with Gasteiger partial charge in [0.1, 0.15) is 18.2 Å². The van der Waals surface area contributed by atoms with Crippen molar-refractivity contribution in [2.75, 3.05) is 5.32 Å². The normalized spacial score (nSPS) is 10.5. The number of halogens is 1. The Labute approximate surface area is 143 Å². The number of nitrogens with zero attached hydrogens (tertiary/aromatic N) is 4. The molecule has 8 heteroatoms. The highest BCUT2D eigenvalue weighted by atomic mass is 19.1. The number of hydrogen-bond acceptors (Lipinski definition) is 5. The van der Waals surface area contributed by atoms with Crippen molar-refractivity contribution < 1.29 is 13.9 Å². The third-order valence-corrected chi connectivity index (χ3v) is 3.45. The Bertz CT molecular complexity index is 881. The number of benzene rings is 2. The molecule has 0 aliphatic rings. The number of rotatable bonds is 6. The van der Waals surface area contributed by atoms with Gasteiger partial charge in [0.15, 0.2) is 5.82 Å². The minimum Gasteiger partial charge on any atom is -0.486 e. The summed E-state index contributed by atoms with van der Waals surface area (Å²) in [6.45, 7) is 2.76. The van der Waals surface area contributed by atoms with Gasteiger partial charge in [-0.2, -0.15) is 0 Å². The molecule has 1 aromatic heterocycles. The molecule has 0 bridgehead atoms. The fraction of sp³-hybridized carbons (Fsp3) is 0.176. The van der Waals surface area contributed by atoms with Gasteiger partial charge in [-0.05, 0) is 53.7 Å². The maximum atomic E-state index is 13.2. The van der Waals surface area contributed by atoms with Gasteiger partial charge in [0, 0.05) is 17.8 Å². The quantitative estimate of drug-likeness (QED) is 0.745. The van der Waals surface area contributed by atoms with Crippen LogP contribution in [0.15, 0.2) is 48.5 Å². The van der Waals surface area contributed by atoms with E-state index in [0.29, 0.717) is 29.4 Å². The molecule has 0 radical (unpaired) electrons. The van der Waals surface area contributed by atoms with Gasteiger partial charge >= 0.3 is 0 Å². The van der Waals surface area contributed by atoms with Crippen LogP contribution in [0.1, 0.15) is 23.1 Å². The minimum atomic E-state index is -0.413. The highest BCUT2D eigenvalue weighted by Crippen LogP contribution is 2.17. The molecule has 1 amide bonds. The topological polar surface area (TPSA) is 81.9 Å². The molecule has 1 N–H and O–H groups in total. The van der Waals surface area contributed by atoms with Crippen LogP contribution in [-0.2, 0) is 13.2 Å². The zero-order valence-corrected chi connectivity index (χ0v) is 13.5. The number of carbonyl (C=O) groups excluding carboxylic acids is 1. The van der Waals surface area contributed by atoms with E-state index in [4.69, 9.17) is 4.74 Å². The number of carbonyl (C=O) groups is 1. The lowest BCUT2D eigenvalue weighted by atomic mass is 10.2. The van der Waals surface area contributed by atoms with Crippen molar-refractivity contribution >= 4 is 11.6 Å². The van der Waals surface area contributed by atoms with E-state index in [-0.39, 0.29) is 12.5 Å². The van der Waals surface area contributed by atoms with Gasteiger partial charge in [-0.1, -0.05) is 12.1 Å². The monoisotopic (exact) mass is 341 g/mol. The van der Waals surface area contributed by atoms with E-state index < -0.39 is 5.82 Å². The Balaban J connectivity index is 1.67. The summed E-state index contributed by atoms with van der Waals surface area (Å²) in [7, 11) is 0. The summed E-state index contributed by atoms with van der Waals surface area (Å²) in [5, 5.41) is 13.9. The summed E-state index contributed by atoms with van der Waals surface area (Å²) in [6.07, 6.45) is 0. The molecule has 0 aliphatic carbocycles. The van der Waals surface area contributed by atoms with Crippen LogP contribution in [0.5, 0.6) is 5.75 Å². The molecule has 3 rings (SSSR count). The molecule has 128 valence electrons. The van der Waals surface area contributed by atoms with Crippen molar-refractivity contribution in [1.82, 2.24) is 20.2 Å². The van der Waals surface area contributed by atoms with Crippen LogP contribution >= 0.6 is 0 Å². The fourth-order valence-electron chi connectivity index (χ4n) is 2.22. The molecule has 0 fully saturated rings. The van der Waals surface area contributed by atoms with Crippen LogP contribution in [0.25, 0.3) is 0 Å². The number of aryl methyl sites for hydroxylation is 1. The lowest BCUT2D eigenvalue weighted by Gasteiger charge is -2.09. The van der Waals surface area contributed by atoms with Crippen molar-refractivity contribution in [3.63, 3.8) is 0 Å². The van der Waals surface area contributed by atoms with Gasteiger partial charge in [-0.15, -0.1) is 5.10 Å². The summed E-state index contributed by atoms with van der Waals surface area (Å²) in [5.74, 6) is 0.340. The summed E-state index contributed by atoms with van der Waals surface area (Å²) in [5.41, 5.74) is 0.787. The first kappa shape index (κ1) is 16.6. The standard InChI is InChI=1S/C17H16FN5O2/c1-2-23-16(20-21-22-23)11-25-15-8-3-5-12(9-15)17(24)19-14-7-4-6-13(18)10-14/h3-10H,2,11H2,1H3,(H,19,24). The highest BCUT2D eigenvalue weighted by molar-refractivity contribution is 6.04. The Morgan fingerprint density at radius 2 is 2.08 bits per heavy atom. The fourth-order valence-corrected chi connectivity index (χ4v) is 2.22. The van der Waals surface area contributed by atoms with E-state index in [1.54, 1.807) is 35.0 Å². The van der Waals surface area contributed by atoms with Crippen molar-refractivity contribution in [2.24, 2.45) is 0 Å². The van der Waals surface area contributed by atoms with Crippen LogP contribution in [0, 0.1) is 5.82 Å². The first-order valence-corrected chi connectivity index (χ1v) is 7.70. The number of aromatic nitrogens is 4. The van der Waals surface area contributed by atoms with Gasteiger partial charge in [-0.25, -0.2) is 9.07 Å². The Kier molecular flexibility index (Phi) is 4.98. The first-order chi connectivity index (χ1) is 12.2. The summed E-state index contributed by atoms with van der Waals surface area (Å²) in [4.78, 5) is 12.3. The van der Waals surface area contributed by atoms with Gasteiger partial charge in [-0.3, -0.25) is 4.79 Å². The lowest BCUT2D eigenvalue weighted by molar-refractivity contribution is 0.102. The van der Waals surface area contributed by atoms with Crippen LogP contribution in [0.4, 0.5) is 10.1 Å². The molecule has 0 atom stereocenters. The maximum absolute atomic E-state index is 13.2. The predicted molar refractivity (Wildman–Crippen MR) is 88.6 cm³/mol.